The summed E-state index contributed by atoms with van der Waals surface area (Å²) in [6.07, 6.45) is -0.0307. The lowest BCUT2D eigenvalue weighted by atomic mass is 9.92. The number of methoxy groups -OCH3 is 1. The molecule has 3 rings (SSSR count). The maximum absolute atomic E-state index is 11.7. The molecule has 23 heavy (non-hydrogen) atoms. The summed E-state index contributed by atoms with van der Waals surface area (Å²) in [4.78, 5) is 11.7. The number of hydrogen-bond donors (Lipinski definition) is 2. The smallest absolute Gasteiger partial charge is 0.310 e. The molecule has 3 aromatic carbocycles. The summed E-state index contributed by atoms with van der Waals surface area (Å²) < 4.78 is 4.71. The molecule has 0 amide bonds. The van der Waals surface area contributed by atoms with Gasteiger partial charge in [0.05, 0.1) is 13.5 Å². The van der Waals surface area contributed by atoms with Crippen molar-refractivity contribution in [3.63, 3.8) is 0 Å². The molecule has 0 fully saturated rings. The van der Waals surface area contributed by atoms with Gasteiger partial charge in [-0.15, -0.1) is 0 Å². The Hall–Kier alpha value is -3.01. The average Bonchev–Trinajstić information content (AvgIpc) is 2.54. The van der Waals surface area contributed by atoms with Crippen molar-refractivity contribution in [1.29, 1.82) is 0 Å². The Kier molecular flexibility index (Phi) is 3.89. The number of carbonyl (C=O) groups excluding carboxylic acids is 1. The van der Waals surface area contributed by atoms with Crippen LogP contribution in [-0.2, 0) is 16.0 Å². The fourth-order valence-corrected chi connectivity index (χ4v) is 2.79. The zero-order chi connectivity index (χ0) is 16.4. The van der Waals surface area contributed by atoms with E-state index in [4.69, 9.17) is 4.74 Å². The number of carbonyl (C=O) groups is 1. The standard InChI is InChI=1S/C19H16O4/c1-23-18(22)10-13-9-14(20)11-17(21)19(13)16-8-4-6-12-5-2-3-7-15(12)16/h2-9,11,20-21H,10H2,1H3. The number of benzene rings is 3. The van der Waals surface area contributed by atoms with Gasteiger partial charge in [-0.1, -0.05) is 42.5 Å². The molecule has 2 N–H and O–H groups in total. The summed E-state index contributed by atoms with van der Waals surface area (Å²) in [7, 11) is 1.31. The molecule has 4 nitrogen and oxygen atoms in total. The van der Waals surface area contributed by atoms with Crippen molar-refractivity contribution in [2.45, 2.75) is 6.42 Å². The lowest BCUT2D eigenvalue weighted by Crippen LogP contribution is -2.06. The fraction of sp³-hybridized carbons (Fsp3) is 0.105. The van der Waals surface area contributed by atoms with E-state index in [1.807, 2.05) is 42.5 Å². The third kappa shape index (κ3) is 2.83. The van der Waals surface area contributed by atoms with Gasteiger partial charge in [-0.05, 0) is 28.0 Å². The van der Waals surface area contributed by atoms with Crippen molar-refractivity contribution in [3.8, 4) is 22.6 Å². The van der Waals surface area contributed by atoms with Gasteiger partial charge in [0.25, 0.3) is 0 Å². The van der Waals surface area contributed by atoms with Crippen LogP contribution in [0.15, 0.2) is 54.6 Å². The summed E-state index contributed by atoms with van der Waals surface area (Å²) >= 11 is 0. The Morgan fingerprint density at radius 3 is 2.57 bits per heavy atom. The fourth-order valence-electron chi connectivity index (χ4n) is 2.79. The minimum absolute atomic E-state index is 0.0307. The molecule has 0 aliphatic rings. The number of rotatable bonds is 3. The largest absolute Gasteiger partial charge is 0.508 e. The van der Waals surface area contributed by atoms with Crippen LogP contribution in [0.25, 0.3) is 21.9 Å². The maximum Gasteiger partial charge on any atom is 0.310 e. The van der Waals surface area contributed by atoms with Crippen LogP contribution in [0.2, 0.25) is 0 Å². The van der Waals surface area contributed by atoms with Crippen molar-refractivity contribution >= 4 is 16.7 Å². The van der Waals surface area contributed by atoms with Crippen LogP contribution in [0.1, 0.15) is 5.56 Å². The van der Waals surface area contributed by atoms with Crippen LogP contribution in [0.3, 0.4) is 0 Å². The molecule has 0 aromatic heterocycles. The van der Waals surface area contributed by atoms with Gasteiger partial charge in [0.1, 0.15) is 11.5 Å². The molecule has 0 saturated carbocycles. The highest BCUT2D eigenvalue weighted by Gasteiger charge is 2.17. The van der Waals surface area contributed by atoms with E-state index in [9.17, 15) is 15.0 Å². The van der Waals surface area contributed by atoms with E-state index >= 15 is 0 Å². The third-order valence-electron chi connectivity index (χ3n) is 3.81. The normalized spacial score (nSPS) is 10.7. The van der Waals surface area contributed by atoms with E-state index in [-0.39, 0.29) is 17.9 Å². The molecule has 0 saturated heterocycles. The summed E-state index contributed by atoms with van der Waals surface area (Å²) in [5.74, 6) is -0.595. The van der Waals surface area contributed by atoms with Crippen LogP contribution in [-0.4, -0.2) is 23.3 Å². The van der Waals surface area contributed by atoms with E-state index in [1.165, 1.54) is 19.2 Å². The number of hydrogen-bond acceptors (Lipinski definition) is 4. The second-order valence-electron chi connectivity index (χ2n) is 5.28. The molecule has 0 atom stereocenters. The molecule has 0 aliphatic heterocycles. The first kappa shape index (κ1) is 14.9. The van der Waals surface area contributed by atoms with Crippen LogP contribution in [0.5, 0.6) is 11.5 Å². The van der Waals surface area contributed by atoms with Crippen LogP contribution in [0, 0.1) is 0 Å². The van der Waals surface area contributed by atoms with Gasteiger partial charge < -0.3 is 14.9 Å². The van der Waals surface area contributed by atoms with Crippen molar-refractivity contribution in [1.82, 2.24) is 0 Å². The maximum atomic E-state index is 11.7. The number of phenolic OH excluding ortho intramolecular Hbond substituents is 2. The Bertz CT molecular complexity index is 878. The van der Waals surface area contributed by atoms with Gasteiger partial charge in [0, 0.05) is 11.6 Å². The minimum atomic E-state index is -0.434. The Balaban J connectivity index is 2.27. The first-order chi connectivity index (χ1) is 11.1. The Morgan fingerprint density at radius 2 is 1.78 bits per heavy atom. The highest BCUT2D eigenvalue weighted by atomic mass is 16.5. The second-order valence-corrected chi connectivity index (χ2v) is 5.28. The second kappa shape index (κ2) is 6.01. The van der Waals surface area contributed by atoms with E-state index in [1.54, 1.807) is 0 Å². The molecule has 0 spiro atoms. The van der Waals surface area contributed by atoms with E-state index in [2.05, 4.69) is 0 Å². The average molecular weight is 308 g/mol. The molecule has 4 heteroatoms. The molecular formula is C19H16O4. The van der Waals surface area contributed by atoms with Gasteiger partial charge in [-0.25, -0.2) is 0 Å². The zero-order valence-electron chi connectivity index (χ0n) is 12.6. The van der Waals surface area contributed by atoms with Crippen LogP contribution < -0.4 is 0 Å². The quantitative estimate of drug-likeness (QED) is 0.725. The molecule has 0 aliphatic carbocycles. The highest BCUT2D eigenvalue weighted by molar-refractivity contribution is 5.99. The molecule has 0 unspecified atom stereocenters. The van der Waals surface area contributed by atoms with Crippen molar-refractivity contribution < 1.29 is 19.7 Å². The Labute approximate surface area is 133 Å². The van der Waals surface area contributed by atoms with Gasteiger partial charge >= 0.3 is 5.97 Å². The summed E-state index contributed by atoms with van der Waals surface area (Å²) in [5, 5.41) is 22.1. The van der Waals surface area contributed by atoms with Gasteiger partial charge in [0.2, 0.25) is 0 Å². The summed E-state index contributed by atoms with van der Waals surface area (Å²) in [6.45, 7) is 0. The lowest BCUT2D eigenvalue weighted by Gasteiger charge is -2.14. The van der Waals surface area contributed by atoms with E-state index < -0.39 is 5.97 Å². The van der Waals surface area contributed by atoms with Crippen LogP contribution in [0.4, 0.5) is 0 Å². The Morgan fingerprint density at radius 1 is 1.04 bits per heavy atom. The first-order valence-corrected chi connectivity index (χ1v) is 7.20. The zero-order valence-corrected chi connectivity index (χ0v) is 12.6. The van der Waals surface area contributed by atoms with E-state index in [0.717, 1.165) is 16.3 Å². The van der Waals surface area contributed by atoms with Crippen LogP contribution >= 0.6 is 0 Å². The number of phenols is 2. The number of esters is 1. The molecule has 3 aromatic rings. The minimum Gasteiger partial charge on any atom is -0.508 e. The monoisotopic (exact) mass is 308 g/mol. The third-order valence-corrected chi connectivity index (χ3v) is 3.81. The van der Waals surface area contributed by atoms with Gasteiger partial charge in [-0.2, -0.15) is 0 Å². The first-order valence-electron chi connectivity index (χ1n) is 7.20. The predicted molar refractivity (Wildman–Crippen MR) is 88.4 cm³/mol. The number of aromatic hydroxyl groups is 2. The summed E-state index contributed by atoms with van der Waals surface area (Å²) in [6, 6.07) is 16.3. The highest BCUT2D eigenvalue weighted by Crippen LogP contribution is 2.39. The number of fused-ring (bicyclic) bond motifs is 1. The number of ether oxygens (including phenoxy) is 1. The van der Waals surface area contributed by atoms with Gasteiger partial charge in [-0.3, -0.25) is 4.79 Å². The molecule has 116 valence electrons. The SMILES string of the molecule is COC(=O)Cc1cc(O)cc(O)c1-c1cccc2ccccc12. The predicted octanol–water partition coefficient (Wildman–Crippen LogP) is 3.63. The molecule has 0 heterocycles. The van der Waals surface area contributed by atoms with Crippen molar-refractivity contribution in [2.75, 3.05) is 7.11 Å². The van der Waals surface area contributed by atoms with Crippen molar-refractivity contribution in [3.05, 3.63) is 60.2 Å². The van der Waals surface area contributed by atoms with E-state index in [0.29, 0.717) is 11.1 Å². The van der Waals surface area contributed by atoms with Crippen molar-refractivity contribution in [2.24, 2.45) is 0 Å². The summed E-state index contributed by atoms with van der Waals surface area (Å²) in [5.41, 5.74) is 1.86. The lowest BCUT2D eigenvalue weighted by molar-refractivity contribution is -0.139. The van der Waals surface area contributed by atoms with Gasteiger partial charge in [0.15, 0.2) is 0 Å². The topological polar surface area (TPSA) is 66.8 Å². The molecular weight excluding hydrogens is 292 g/mol. The molecule has 0 bridgehead atoms. The molecule has 0 radical (unpaired) electrons.